The average Bonchev–Trinajstić information content (AvgIpc) is 2.63. The van der Waals surface area contributed by atoms with Crippen molar-refractivity contribution in [2.45, 2.75) is 19.4 Å². The largest absolute Gasteiger partial charge is 0.465 e. The molecule has 26 heavy (non-hydrogen) atoms. The highest BCUT2D eigenvalue weighted by atomic mass is 19.1. The molecule has 6 heteroatoms. The monoisotopic (exact) mass is 358 g/mol. The van der Waals surface area contributed by atoms with E-state index in [-0.39, 0.29) is 5.82 Å². The van der Waals surface area contributed by atoms with Crippen molar-refractivity contribution in [3.8, 4) is 11.5 Å². The van der Waals surface area contributed by atoms with Crippen molar-refractivity contribution in [1.29, 1.82) is 0 Å². The van der Waals surface area contributed by atoms with Crippen LogP contribution in [0.4, 0.5) is 9.18 Å². The zero-order valence-corrected chi connectivity index (χ0v) is 14.5. The van der Waals surface area contributed by atoms with Crippen molar-refractivity contribution in [2.75, 3.05) is 19.6 Å². The SMILES string of the molecule is O=C(O)NCC1CCN(Cc2cccc(Oc3ccc(F)cc3)c2)CC1. The van der Waals surface area contributed by atoms with Crippen molar-refractivity contribution >= 4 is 6.09 Å². The third kappa shape index (κ3) is 5.46. The van der Waals surface area contributed by atoms with E-state index in [0.29, 0.717) is 18.2 Å². The van der Waals surface area contributed by atoms with Crippen LogP contribution in [0, 0.1) is 11.7 Å². The Labute approximate surface area is 152 Å². The quantitative estimate of drug-likeness (QED) is 0.816. The van der Waals surface area contributed by atoms with Gasteiger partial charge < -0.3 is 15.2 Å². The predicted octanol–water partition coefficient (Wildman–Crippen LogP) is 4.10. The maximum absolute atomic E-state index is 13.0. The van der Waals surface area contributed by atoms with E-state index in [1.165, 1.54) is 12.1 Å². The molecule has 1 fully saturated rings. The van der Waals surface area contributed by atoms with Crippen LogP contribution in [0.3, 0.4) is 0 Å². The second-order valence-corrected chi connectivity index (χ2v) is 6.61. The van der Waals surface area contributed by atoms with Gasteiger partial charge in [0.2, 0.25) is 0 Å². The molecule has 0 spiro atoms. The molecule has 0 aliphatic carbocycles. The Balaban J connectivity index is 1.51. The number of piperidine rings is 1. The molecule has 2 aromatic carbocycles. The summed E-state index contributed by atoms with van der Waals surface area (Å²) in [6, 6.07) is 13.9. The number of nitrogens with one attached hydrogen (secondary N) is 1. The fraction of sp³-hybridized carbons (Fsp3) is 0.350. The van der Waals surface area contributed by atoms with E-state index in [1.807, 2.05) is 18.2 Å². The lowest BCUT2D eigenvalue weighted by molar-refractivity contribution is 0.166. The molecule has 1 amide bonds. The third-order valence-electron chi connectivity index (χ3n) is 4.60. The van der Waals surface area contributed by atoms with Gasteiger partial charge in [-0.3, -0.25) is 4.90 Å². The fourth-order valence-corrected chi connectivity index (χ4v) is 3.18. The number of nitrogens with zero attached hydrogens (tertiary/aromatic N) is 1. The van der Waals surface area contributed by atoms with Crippen LogP contribution in [0.25, 0.3) is 0 Å². The standard InChI is InChI=1S/C20H23FN2O3/c21-17-4-6-18(7-5-17)26-19-3-1-2-16(12-19)14-23-10-8-15(9-11-23)13-22-20(24)25/h1-7,12,15,22H,8-11,13-14H2,(H,24,25). The van der Waals surface area contributed by atoms with E-state index in [1.54, 1.807) is 12.1 Å². The molecule has 0 aromatic heterocycles. The van der Waals surface area contributed by atoms with Crippen LogP contribution in [0.15, 0.2) is 48.5 Å². The topological polar surface area (TPSA) is 61.8 Å². The first-order chi connectivity index (χ1) is 12.6. The number of carboxylic acid groups (broad SMARTS) is 1. The van der Waals surface area contributed by atoms with Gasteiger partial charge in [0.25, 0.3) is 0 Å². The number of hydrogen-bond acceptors (Lipinski definition) is 3. The summed E-state index contributed by atoms with van der Waals surface area (Å²) >= 11 is 0. The lowest BCUT2D eigenvalue weighted by Crippen LogP contribution is -2.37. The second kappa shape index (κ2) is 8.67. The van der Waals surface area contributed by atoms with Gasteiger partial charge >= 0.3 is 6.09 Å². The van der Waals surface area contributed by atoms with Crippen molar-refractivity contribution in [3.63, 3.8) is 0 Å². The minimum Gasteiger partial charge on any atom is -0.465 e. The van der Waals surface area contributed by atoms with E-state index in [2.05, 4.69) is 16.3 Å². The van der Waals surface area contributed by atoms with Crippen LogP contribution >= 0.6 is 0 Å². The lowest BCUT2D eigenvalue weighted by Gasteiger charge is -2.31. The number of amides is 1. The predicted molar refractivity (Wildman–Crippen MR) is 96.9 cm³/mol. The summed E-state index contributed by atoms with van der Waals surface area (Å²) in [4.78, 5) is 12.9. The number of halogens is 1. The van der Waals surface area contributed by atoms with Gasteiger partial charge in [0.05, 0.1) is 0 Å². The van der Waals surface area contributed by atoms with E-state index in [9.17, 15) is 9.18 Å². The summed E-state index contributed by atoms with van der Waals surface area (Å²) in [5.41, 5.74) is 1.16. The maximum atomic E-state index is 13.0. The molecular weight excluding hydrogens is 335 g/mol. The van der Waals surface area contributed by atoms with Crippen molar-refractivity contribution < 1.29 is 19.0 Å². The van der Waals surface area contributed by atoms with Crippen LogP contribution in [-0.4, -0.2) is 35.7 Å². The number of hydrogen-bond donors (Lipinski definition) is 2. The lowest BCUT2D eigenvalue weighted by atomic mass is 9.96. The normalized spacial score (nSPS) is 15.6. The third-order valence-corrected chi connectivity index (χ3v) is 4.60. The average molecular weight is 358 g/mol. The Kier molecular flexibility index (Phi) is 6.07. The Bertz CT molecular complexity index is 728. The van der Waals surface area contributed by atoms with Crippen molar-refractivity contribution in [3.05, 3.63) is 59.9 Å². The summed E-state index contributed by atoms with van der Waals surface area (Å²) in [7, 11) is 0. The summed E-state index contributed by atoms with van der Waals surface area (Å²) in [5.74, 6) is 1.47. The number of likely N-dealkylation sites (tertiary alicyclic amines) is 1. The number of rotatable bonds is 6. The Morgan fingerprint density at radius 2 is 1.88 bits per heavy atom. The number of carbonyl (C=O) groups is 1. The highest BCUT2D eigenvalue weighted by Gasteiger charge is 2.19. The van der Waals surface area contributed by atoms with E-state index >= 15 is 0 Å². The van der Waals surface area contributed by atoms with Crippen LogP contribution in [-0.2, 0) is 6.54 Å². The summed E-state index contributed by atoms with van der Waals surface area (Å²) in [6.07, 6.45) is 1.03. The van der Waals surface area contributed by atoms with Crippen molar-refractivity contribution in [2.24, 2.45) is 5.92 Å². The molecule has 138 valence electrons. The Morgan fingerprint density at radius 3 is 2.58 bits per heavy atom. The van der Waals surface area contributed by atoms with Crippen LogP contribution in [0.5, 0.6) is 11.5 Å². The maximum Gasteiger partial charge on any atom is 0.404 e. The van der Waals surface area contributed by atoms with Gasteiger partial charge in [0, 0.05) is 13.1 Å². The van der Waals surface area contributed by atoms with E-state index in [0.717, 1.165) is 43.8 Å². The minimum atomic E-state index is -0.953. The smallest absolute Gasteiger partial charge is 0.404 e. The zero-order valence-electron chi connectivity index (χ0n) is 14.5. The molecule has 1 aliphatic rings. The molecule has 0 unspecified atom stereocenters. The highest BCUT2D eigenvalue weighted by molar-refractivity contribution is 5.64. The van der Waals surface area contributed by atoms with Gasteiger partial charge in [-0.05, 0) is 73.8 Å². The van der Waals surface area contributed by atoms with E-state index in [4.69, 9.17) is 9.84 Å². The first-order valence-corrected chi connectivity index (χ1v) is 8.80. The molecule has 1 saturated heterocycles. The number of ether oxygens (including phenoxy) is 1. The molecule has 1 aliphatic heterocycles. The first-order valence-electron chi connectivity index (χ1n) is 8.80. The molecule has 0 radical (unpaired) electrons. The molecule has 5 nitrogen and oxygen atoms in total. The number of benzene rings is 2. The molecule has 0 saturated carbocycles. The molecule has 3 rings (SSSR count). The minimum absolute atomic E-state index is 0.284. The van der Waals surface area contributed by atoms with Gasteiger partial charge in [-0.25, -0.2) is 9.18 Å². The molecule has 0 bridgehead atoms. The van der Waals surface area contributed by atoms with Gasteiger partial charge in [0.15, 0.2) is 0 Å². The van der Waals surface area contributed by atoms with Crippen LogP contribution in [0.2, 0.25) is 0 Å². The van der Waals surface area contributed by atoms with Gasteiger partial charge in [-0.1, -0.05) is 12.1 Å². The van der Waals surface area contributed by atoms with Gasteiger partial charge in [0.1, 0.15) is 17.3 Å². The second-order valence-electron chi connectivity index (χ2n) is 6.61. The fourth-order valence-electron chi connectivity index (χ4n) is 3.18. The van der Waals surface area contributed by atoms with Gasteiger partial charge in [-0.15, -0.1) is 0 Å². The van der Waals surface area contributed by atoms with Crippen LogP contribution < -0.4 is 10.1 Å². The zero-order chi connectivity index (χ0) is 18.4. The van der Waals surface area contributed by atoms with Crippen LogP contribution in [0.1, 0.15) is 18.4 Å². The molecule has 0 atom stereocenters. The summed E-state index contributed by atoms with van der Waals surface area (Å²) in [6.45, 7) is 3.27. The Hall–Kier alpha value is -2.60. The van der Waals surface area contributed by atoms with E-state index < -0.39 is 6.09 Å². The highest BCUT2D eigenvalue weighted by Crippen LogP contribution is 2.24. The van der Waals surface area contributed by atoms with Crippen molar-refractivity contribution in [1.82, 2.24) is 10.2 Å². The van der Waals surface area contributed by atoms with Gasteiger partial charge in [-0.2, -0.15) is 0 Å². The molecular formula is C20H23FN2O3. The first kappa shape index (κ1) is 18.2. The summed E-state index contributed by atoms with van der Waals surface area (Å²) in [5, 5.41) is 11.2. The summed E-state index contributed by atoms with van der Waals surface area (Å²) < 4.78 is 18.8. The Morgan fingerprint density at radius 1 is 1.15 bits per heavy atom. The molecule has 1 heterocycles. The molecule has 2 aromatic rings. The molecule has 2 N–H and O–H groups in total.